The average Bonchev–Trinajstić information content (AvgIpc) is 2.76. The second-order valence-electron chi connectivity index (χ2n) is 7.89. The first-order chi connectivity index (χ1) is 14.9. The second kappa shape index (κ2) is 8.88. The Morgan fingerprint density at radius 1 is 1.06 bits per heavy atom. The third-order valence-corrected chi connectivity index (χ3v) is 7.11. The molecule has 0 unspecified atom stereocenters. The number of aromatic nitrogens is 1. The molecule has 1 aromatic heterocycles. The maximum Gasteiger partial charge on any atom is 0.201 e. The van der Waals surface area contributed by atoms with Crippen LogP contribution in [0.25, 0.3) is 21.8 Å². The van der Waals surface area contributed by atoms with E-state index in [1.807, 2.05) is 22.4 Å². The van der Waals surface area contributed by atoms with Crippen LogP contribution in [0.2, 0.25) is 0 Å². The fourth-order valence-electron chi connectivity index (χ4n) is 4.41. The van der Waals surface area contributed by atoms with Crippen LogP contribution < -0.4 is 16.1 Å². The Morgan fingerprint density at radius 3 is 2.45 bits per heavy atom. The third kappa shape index (κ3) is 4.02. The van der Waals surface area contributed by atoms with Crippen molar-refractivity contribution >= 4 is 44.9 Å². The Balaban J connectivity index is 1.99. The van der Waals surface area contributed by atoms with Crippen molar-refractivity contribution in [2.45, 2.75) is 20.4 Å². The number of likely N-dealkylation sites (N-methyl/N-ethyl adjacent to an activating group) is 1. The van der Waals surface area contributed by atoms with Crippen molar-refractivity contribution in [1.29, 1.82) is 0 Å². The molecule has 0 amide bonds. The van der Waals surface area contributed by atoms with Crippen molar-refractivity contribution < 1.29 is 10.2 Å². The van der Waals surface area contributed by atoms with Gasteiger partial charge in [-0.05, 0) is 25.2 Å². The number of benzene rings is 2. The van der Waals surface area contributed by atoms with Crippen LogP contribution in [-0.2, 0) is 6.54 Å². The molecule has 0 radical (unpaired) electrons. The lowest BCUT2D eigenvalue weighted by atomic mass is 10.1. The molecule has 7 nitrogen and oxygen atoms in total. The van der Waals surface area contributed by atoms with E-state index in [9.17, 15) is 15.0 Å². The Labute approximate surface area is 186 Å². The lowest BCUT2D eigenvalue weighted by molar-refractivity contribution is 0.293. The number of fused-ring (bicyclic) bond motifs is 2. The van der Waals surface area contributed by atoms with Gasteiger partial charge < -0.3 is 30.3 Å². The highest BCUT2D eigenvalue weighted by Gasteiger charge is 2.20. The van der Waals surface area contributed by atoms with Crippen LogP contribution in [0.5, 0.6) is 11.5 Å². The van der Waals surface area contributed by atoms with Gasteiger partial charge >= 0.3 is 0 Å². The van der Waals surface area contributed by atoms with Gasteiger partial charge in [0.1, 0.15) is 11.5 Å². The maximum absolute atomic E-state index is 13.3. The summed E-state index contributed by atoms with van der Waals surface area (Å²) in [6, 6.07) is 6.53. The number of hydrogen-bond acceptors (Lipinski definition) is 7. The SMILES string of the molecule is CCN(CC)CCn1c2cc(N3CCSCC3)c(N)cc2c(=O)c2c(O)cc(O)cc21. The number of phenols is 2. The normalized spacial score (nSPS) is 14.7. The predicted molar refractivity (Wildman–Crippen MR) is 131 cm³/mol. The fraction of sp³-hybridized carbons (Fsp3) is 0.435. The van der Waals surface area contributed by atoms with E-state index >= 15 is 0 Å². The van der Waals surface area contributed by atoms with Gasteiger partial charge in [-0.15, -0.1) is 0 Å². The van der Waals surface area contributed by atoms with Crippen molar-refractivity contribution in [3.8, 4) is 11.5 Å². The summed E-state index contributed by atoms with van der Waals surface area (Å²) in [6.45, 7) is 9.33. The van der Waals surface area contributed by atoms with Crippen molar-refractivity contribution in [1.82, 2.24) is 9.47 Å². The molecule has 0 atom stereocenters. The Kier molecular flexibility index (Phi) is 6.20. The molecule has 1 fully saturated rings. The van der Waals surface area contributed by atoms with Crippen LogP contribution in [0.3, 0.4) is 0 Å². The monoisotopic (exact) mass is 442 g/mol. The average molecular weight is 443 g/mol. The first-order valence-electron chi connectivity index (χ1n) is 10.8. The van der Waals surface area contributed by atoms with Gasteiger partial charge in [-0.25, -0.2) is 0 Å². The minimum absolute atomic E-state index is 0.0657. The van der Waals surface area contributed by atoms with E-state index in [0.29, 0.717) is 23.1 Å². The number of hydrogen-bond donors (Lipinski definition) is 3. The molecule has 1 aliphatic heterocycles. The van der Waals surface area contributed by atoms with Gasteiger partial charge in [-0.3, -0.25) is 4.79 Å². The number of nitrogens with two attached hydrogens (primary N) is 1. The van der Waals surface area contributed by atoms with Gasteiger partial charge in [-0.2, -0.15) is 11.8 Å². The smallest absolute Gasteiger partial charge is 0.201 e. The Morgan fingerprint density at radius 2 is 1.77 bits per heavy atom. The topological polar surface area (TPSA) is 95.0 Å². The van der Waals surface area contributed by atoms with E-state index < -0.39 is 0 Å². The van der Waals surface area contributed by atoms with E-state index in [4.69, 9.17) is 5.73 Å². The summed E-state index contributed by atoms with van der Waals surface area (Å²) in [7, 11) is 0. The number of nitrogens with zero attached hydrogens (tertiary/aromatic N) is 3. The molecule has 2 aromatic carbocycles. The molecule has 0 aliphatic carbocycles. The highest BCUT2D eigenvalue weighted by atomic mass is 32.2. The molecular weight excluding hydrogens is 412 g/mol. The minimum Gasteiger partial charge on any atom is -0.508 e. The van der Waals surface area contributed by atoms with Crippen molar-refractivity contribution in [2.24, 2.45) is 0 Å². The molecule has 0 bridgehead atoms. The van der Waals surface area contributed by atoms with Crippen LogP contribution in [0.1, 0.15) is 13.8 Å². The second-order valence-corrected chi connectivity index (χ2v) is 9.12. The highest BCUT2D eigenvalue weighted by Crippen LogP contribution is 2.34. The van der Waals surface area contributed by atoms with E-state index in [1.54, 1.807) is 12.1 Å². The van der Waals surface area contributed by atoms with Crippen LogP contribution in [0.4, 0.5) is 11.4 Å². The van der Waals surface area contributed by atoms with Gasteiger partial charge in [0.2, 0.25) is 5.43 Å². The van der Waals surface area contributed by atoms with Crippen LogP contribution >= 0.6 is 11.8 Å². The van der Waals surface area contributed by atoms with Crippen LogP contribution in [0.15, 0.2) is 29.1 Å². The minimum atomic E-state index is -0.269. The summed E-state index contributed by atoms with van der Waals surface area (Å²) < 4.78 is 2.03. The van der Waals surface area contributed by atoms with Gasteiger partial charge in [0.25, 0.3) is 0 Å². The lowest BCUT2D eigenvalue weighted by Gasteiger charge is -2.30. The molecule has 3 aromatic rings. The first-order valence-corrected chi connectivity index (χ1v) is 12.0. The predicted octanol–water partition coefficient (Wildman–Crippen LogP) is 3.04. The third-order valence-electron chi connectivity index (χ3n) is 6.17. The molecule has 0 spiro atoms. The van der Waals surface area contributed by atoms with Gasteiger partial charge in [-0.1, -0.05) is 13.8 Å². The number of thioether (sulfide) groups is 1. The quantitative estimate of drug-likeness (QED) is 0.399. The molecule has 1 aliphatic rings. The number of pyridine rings is 1. The zero-order valence-corrected chi connectivity index (χ0v) is 18.9. The number of phenolic OH excluding ortho intramolecular Hbond substituents is 2. The van der Waals surface area contributed by atoms with Gasteiger partial charge in [0.15, 0.2) is 0 Å². The fourth-order valence-corrected chi connectivity index (χ4v) is 5.31. The number of aromatic hydroxyl groups is 2. The molecule has 1 saturated heterocycles. The standard InChI is InChI=1S/C23H30N4O3S/c1-3-25(4-2)5-6-27-18-14-19(26-7-9-31-10-8-26)17(24)13-16(18)23(30)22-20(27)11-15(28)12-21(22)29/h11-14,28-29H,3-10,24H2,1-2H3. The van der Waals surface area contributed by atoms with Crippen molar-refractivity contribution in [2.75, 3.05) is 54.9 Å². The summed E-state index contributed by atoms with van der Waals surface area (Å²) in [5.41, 5.74) is 8.95. The molecule has 166 valence electrons. The Hall–Kier alpha value is -2.58. The van der Waals surface area contributed by atoms with Crippen LogP contribution in [-0.4, -0.2) is 63.9 Å². The summed E-state index contributed by atoms with van der Waals surface area (Å²) in [6.07, 6.45) is 0. The van der Waals surface area contributed by atoms with E-state index in [2.05, 4.69) is 23.6 Å². The summed E-state index contributed by atoms with van der Waals surface area (Å²) in [5.74, 6) is 1.82. The van der Waals surface area contributed by atoms with Gasteiger partial charge in [0.05, 0.1) is 27.8 Å². The first kappa shape index (κ1) is 21.6. The van der Waals surface area contributed by atoms with Crippen LogP contribution in [0, 0.1) is 0 Å². The summed E-state index contributed by atoms with van der Waals surface area (Å²) in [5, 5.41) is 21.3. The number of anilines is 2. The molecule has 31 heavy (non-hydrogen) atoms. The summed E-state index contributed by atoms with van der Waals surface area (Å²) in [4.78, 5) is 17.9. The molecule has 0 saturated carbocycles. The number of nitrogen functional groups attached to an aromatic ring is 1. The van der Waals surface area contributed by atoms with Crippen molar-refractivity contribution in [3.05, 3.63) is 34.5 Å². The zero-order chi connectivity index (χ0) is 22.1. The largest absolute Gasteiger partial charge is 0.508 e. The van der Waals surface area contributed by atoms with E-state index in [0.717, 1.165) is 55.4 Å². The zero-order valence-electron chi connectivity index (χ0n) is 18.1. The van der Waals surface area contributed by atoms with E-state index in [1.165, 1.54) is 6.07 Å². The lowest BCUT2D eigenvalue weighted by Crippen LogP contribution is -2.33. The highest BCUT2D eigenvalue weighted by molar-refractivity contribution is 7.99. The van der Waals surface area contributed by atoms with E-state index in [-0.39, 0.29) is 22.3 Å². The molecule has 8 heteroatoms. The number of rotatable bonds is 6. The van der Waals surface area contributed by atoms with Gasteiger partial charge in [0, 0.05) is 55.2 Å². The molecule has 4 N–H and O–H groups in total. The molecule has 2 heterocycles. The maximum atomic E-state index is 13.3. The van der Waals surface area contributed by atoms with Crippen molar-refractivity contribution in [3.63, 3.8) is 0 Å². The summed E-state index contributed by atoms with van der Waals surface area (Å²) >= 11 is 1.93. The Bertz CT molecular complexity index is 1170. The molecular formula is C23H30N4O3S. The molecule has 4 rings (SSSR count).